The number of anilines is 2. The number of nitrogens with one attached hydrogen (secondary N) is 3. The van der Waals surface area contributed by atoms with Gasteiger partial charge in [-0.25, -0.2) is 32.2 Å². The molecule has 216 valence electrons. The summed E-state index contributed by atoms with van der Waals surface area (Å²) in [6.45, 7) is 1.71. The minimum absolute atomic E-state index is 0. The maximum atomic E-state index is 15.0. The molecule has 0 bridgehead atoms. The smallest absolute Gasteiger partial charge is 0.237 e. The van der Waals surface area contributed by atoms with Crippen LogP contribution < -0.4 is 20.1 Å². The van der Waals surface area contributed by atoms with Gasteiger partial charge in [-0.2, -0.15) is 4.39 Å². The van der Waals surface area contributed by atoms with E-state index in [0.717, 1.165) is 25.9 Å². The number of sulfonamides is 1. The Labute approximate surface area is 241 Å². The van der Waals surface area contributed by atoms with E-state index in [1.54, 1.807) is 48.5 Å². The molecule has 0 spiro atoms. The lowest BCUT2D eigenvalue weighted by Crippen LogP contribution is -2.38. The first-order valence-electron chi connectivity index (χ1n) is 12.4. The first-order valence-corrected chi connectivity index (χ1v) is 14.1. The molecule has 4 aromatic rings. The van der Waals surface area contributed by atoms with E-state index in [1.165, 1.54) is 12.4 Å². The fourth-order valence-electron chi connectivity index (χ4n) is 4.24. The summed E-state index contributed by atoms with van der Waals surface area (Å²) in [5.74, 6) is -6.15. The Morgan fingerprint density at radius 2 is 1.80 bits per heavy atom. The van der Waals surface area contributed by atoms with Crippen LogP contribution in [0.5, 0.6) is 11.6 Å². The van der Waals surface area contributed by atoms with Gasteiger partial charge in [-0.05, 0) is 43.1 Å². The molecular formula is C27H26ClF3N6O3S. The van der Waals surface area contributed by atoms with Crippen LogP contribution in [0.2, 0.25) is 0 Å². The first kappa shape index (κ1) is 30.0. The number of piperidine rings is 1. The van der Waals surface area contributed by atoms with Crippen molar-refractivity contribution in [3.05, 3.63) is 90.0 Å². The fourth-order valence-corrected chi connectivity index (χ4v) is 5.43. The van der Waals surface area contributed by atoms with Crippen LogP contribution in [0.25, 0.3) is 11.3 Å². The first-order chi connectivity index (χ1) is 19.3. The highest BCUT2D eigenvalue weighted by Crippen LogP contribution is 2.36. The standard InChI is InChI=1S/C27H25F3N6O3S.ClH/c28-20-14-22(36-40(37,38)16-17-6-2-1-3-7-17)23(29)24(30)25(20)39-26-19(9-5-12-32-26)21-10-13-33-27(35-21)34-18-8-4-11-31-15-18;/h1-3,5-7,9-10,12-14,18,31,36H,4,8,11,15-16H2,(H,33,34,35);1H/t18-;/m0./s1. The fraction of sp³-hybridized carbons (Fsp3) is 0.222. The molecule has 1 fully saturated rings. The average molecular weight is 607 g/mol. The van der Waals surface area contributed by atoms with Crippen LogP contribution in [0.1, 0.15) is 18.4 Å². The number of rotatable bonds is 9. The van der Waals surface area contributed by atoms with E-state index in [-0.39, 0.29) is 29.9 Å². The lowest BCUT2D eigenvalue weighted by Gasteiger charge is -2.23. The zero-order valence-electron chi connectivity index (χ0n) is 21.5. The van der Waals surface area contributed by atoms with Crippen molar-refractivity contribution in [2.75, 3.05) is 23.1 Å². The van der Waals surface area contributed by atoms with Gasteiger partial charge in [0.05, 0.1) is 22.7 Å². The molecule has 3 heterocycles. The molecule has 9 nitrogen and oxygen atoms in total. The monoisotopic (exact) mass is 606 g/mol. The molecule has 0 saturated carbocycles. The minimum Gasteiger partial charge on any atom is -0.432 e. The third-order valence-electron chi connectivity index (χ3n) is 6.11. The Hall–Kier alpha value is -3.94. The quantitative estimate of drug-likeness (QED) is 0.220. The number of benzene rings is 2. The van der Waals surface area contributed by atoms with Crippen molar-refractivity contribution < 1.29 is 26.3 Å². The van der Waals surface area contributed by atoms with Crippen molar-refractivity contribution in [1.82, 2.24) is 20.3 Å². The minimum atomic E-state index is -4.17. The van der Waals surface area contributed by atoms with Crippen LogP contribution in [-0.4, -0.2) is 42.5 Å². The molecule has 1 aliphatic rings. The lowest BCUT2D eigenvalue weighted by atomic mass is 10.1. The molecule has 41 heavy (non-hydrogen) atoms. The summed E-state index contributed by atoms with van der Waals surface area (Å²) in [5, 5.41) is 6.55. The Bertz CT molecular complexity index is 1610. The second kappa shape index (κ2) is 13.1. The molecule has 2 aromatic carbocycles. The molecule has 5 rings (SSSR count). The predicted octanol–water partition coefficient (Wildman–Crippen LogP) is 5.28. The van der Waals surface area contributed by atoms with E-state index in [2.05, 4.69) is 25.6 Å². The average Bonchev–Trinajstić information content (AvgIpc) is 2.95. The van der Waals surface area contributed by atoms with Gasteiger partial charge in [-0.15, -0.1) is 12.4 Å². The molecule has 0 aliphatic carbocycles. The summed E-state index contributed by atoms with van der Waals surface area (Å²) in [6.07, 6.45) is 4.82. The van der Waals surface area contributed by atoms with Gasteiger partial charge < -0.3 is 15.4 Å². The van der Waals surface area contributed by atoms with Crippen LogP contribution in [0, 0.1) is 17.5 Å². The Morgan fingerprint density at radius 3 is 2.56 bits per heavy atom. The number of hydrogen-bond acceptors (Lipinski definition) is 8. The molecule has 1 aliphatic heterocycles. The van der Waals surface area contributed by atoms with E-state index >= 15 is 8.78 Å². The SMILES string of the molecule is Cl.O=S(=O)(Cc1ccccc1)Nc1cc(F)c(Oc2ncccc2-c2ccnc(N[C@H]3CCCNC3)n2)c(F)c1F. The summed E-state index contributed by atoms with van der Waals surface area (Å²) < 4.78 is 77.2. The molecule has 0 amide bonds. The molecule has 2 aromatic heterocycles. The number of hydrogen-bond donors (Lipinski definition) is 3. The Kier molecular flexibility index (Phi) is 9.63. The molecule has 0 radical (unpaired) electrons. The second-order valence-corrected chi connectivity index (χ2v) is 10.8. The van der Waals surface area contributed by atoms with Crippen molar-refractivity contribution in [1.29, 1.82) is 0 Å². The molecule has 3 N–H and O–H groups in total. The van der Waals surface area contributed by atoms with Crippen LogP contribution >= 0.6 is 12.4 Å². The zero-order chi connectivity index (χ0) is 28.1. The van der Waals surface area contributed by atoms with Crippen LogP contribution in [0.3, 0.4) is 0 Å². The van der Waals surface area contributed by atoms with Crippen molar-refractivity contribution in [2.45, 2.75) is 24.6 Å². The van der Waals surface area contributed by atoms with Crippen LogP contribution in [0.4, 0.5) is 24.8 Å². The second-order valence-electron chi connectivity index (χ2n) is 9.12. The summed E-state index contributed by atoms with van der Waals surface area (Å²) in [4.78, 5) is 12.8. The summed E-state index contributed by atoms with van der Waals surface area (Å²) in [6, 6.07) is 13.5. The maximum absolute atomic E-state index is 15.0. The Balaban J connectivity index is 0.00000387. The van der Waals surface area contributed by atoms with E-state index in [0.29, 0.717) is 23.3 Å². The maximum Gasteiger partial charge on any atom is 0.237 e. The van der Waals surface area contributed by atoms with Gasteiger partial charge in [0.2, 0.25) is 33.4 Å². The lowest BCUT2D eigenvalue weighted by molar-refractivity contribution is 0.379. The zero-order valence-corrected chi connectivity index (χ0v) is 23.1. The number of pyridine rings is 1. The van der Waals surface area contributed by atoms with Gasteiger partial charge in [0.25, 0.3) is 0 Å². The highest BCUT2D eigenvalue weighted by atomic mass is 35.5. The van der Waals surface area contributed by atoms with E-state index < -0.39 is 44.7 Å². The van der Waals surface area contributed by atoms with Gasteiger partial charge >= 0.3 is 0 Å². The van der Waals surface area contributed by atoms with E-state index in [9.17, 15) is 12.8 Å². The van der Waals surface area contributed by atoms with E-state index in [1.807, 2.05) is 4.72 Å². The molecule has 1 atom stereocenters. The van der Waals surface area contributed by atoms with Gasteiger partial charge in [0, 0.05) is 31.0 Å². The highest BCUT2D eigenvalue weighted by molar-refractivity contribution is 7.91. The van der Waals surface area contributed by atoms with Crippen molar-refractivity contribution in [3.63, 3.8) is 0 Å². The topological polar surface area (TPSA) is 118 Å². The van der Waals surface area contributed by atoms with Crippen LogP contribution in [0.15, 0.2) is 67.0 Å². The summed E-state index contributed by atoms with van der Waals surface area (Å²) >= 11 is 0. The molecular weight excluding hydrogens is 581 g/mol. The van der Waals surface area contributed by atoms with Crippen molar-refractivity contribution in [2.24, 2.45) is 0 Å². The highest BCUT2D eigenvalue weighted by Gasteiger charge is 2.25. The summed E-state index contributed by atoms with van der Waals surface area (Å²) in [5.41, 5.74) is 0.165. The number of halogens is 4. The van der Waals surface area contributed by atoms with Gasteiger partial charge in [0.1, 0.15) is 0 Å². The van der Waals surface area contributed by atoms with Gasteiger partial charge in [-0.3, -0.25) is 4.72 Å². The normalized spacial score (nSPS) is 15.0. The number of nitrogens with zero attached hydrogens (tertiary/aromatic N) is 3. The van der Waals surface area contributed by atoms with Crippen LogP contribution in [-0.2, 0) is 15.8 Å². The largest absolute Gasteiger partial charge is 0.432 e. The Morgan fingerprint density at radius 1 is 1.00 bits per heavy atom. The van der Waals surface area contributed by atoms with Gasteiger partial charge in [0.15, 0.2) is 11.6 Å². The van der Waals surface area contributed by atoms with Gasteiger partial charge in [-0.1, -0.05) is 30.3 Å². The number of aromatic nitrogens is 3. The third-order valence-corrected chi connectivity index (χ3v) is 7.36. The predicted molar refractivity (Wildman–Crippen MR) is 151 cm³/mol. The van der Waals surface area contributed by atoms with Crippen molar-refractivity contribution in [3.8, 4) is 22.9 Å². The molecule has 14 heteroatoms. The molecule has 1 saturated heterocycles. The van der Waals surface area contributed by atoms with E-state index in [4.69, 9.17) is 4.74 Å². The van der Waals surface area contributed by atoms with Crippen molar-refractivity contribution >= 4 is 34.1 Å². The molecule has 0 unspecified atom stereocenters. The summed E-state index contributed by atoms with van der Waals surface area (Å²) in [7, 11) is -4.17. The third kappa shape index (κ3) is 7.43. The number of ether oxygens (including phenoxy) is 1.